The van der Waals surface area contributed by atoms with Crippen LogP contribution >= 0.6 is 0 Å². The van der Waals surface area contributed by atoms with Gasteiger partial charge >= 0.3 is 35.8 Å². The molecule has 0 radical (unpaired) electrons. The zero-order valence-electron chi connectivity index (χ0n) is 35.6. The van der Waals surface area contributed by atoms with Gasteiger partial charge in [-0.15, -0.1) is 0 Å². The van der Waals surface area contributed by atoms with Crippen molar-refractivity contribution >= 4 is 45.7 Å². The van der Waals surface area contributed by atoms with E-state index in [1.165, 1.54) is 36.4 Å². The van der Waals surface area contributed by atoms with Gasteiger partial charge in [0.05, 0.1) is 36.5 Å². The Balaban J connectivity index is 1.25. The fourth-order valence-corrected chi connectivity index (χ4v) is 7.59. The summed E-state index contributed by atoms with van der Waals surface area (Å²) in [4.78, 5) is 73.6. The lowest BCUT2D eigenvalue weighted by molar-refractivity contribution is -0.145. The van der Waals surface area contributed by atoms with Crippen LogP contribution in [-0.2, 0) is 38.4 Å². The minimum absolute atomic E-state index is 0.0243. The number of rotatable bonds is 18. The fraction of sp³-hybridized carbons (Fsp3) is 0.0800. The maximum Gasteiger partial charge on any atom is 0.343 e. The van der Waals surface area contributed by atoms with Gasteiger partial charge in [-0.25, -0.2) is 37.2 Å². The molecule has 0 aliphatic rings. The molecule has 16 nitrogen and oxygen atoms in total. The van der Waals surface area contributed by atoms with Crippen molar-refractivity contribution in [2.45, 2.75) is 9.79 Å². The predicted molar refractivity (Wildman–Crippen MR) is 238 cm³/mol. The first-order valence-electron chi connectivity index (χ1n) is 19.6. The summed E-state index contributed by atoms with van der Waals surface area (Å²) in [6.45, 7) is 6.02. The molecule has 6 aromatic rings. The average molecular weight is 927 g/mol. The summed E-state index contributed by atoms with van der Waals surface area (Å²) in [6.07, 6.45) is 2.03. The van der Waals surface area contributed by atoms with Crippen LogP contribution in [-0.4, -0.2) is 72.0 Å². The highest BCUT2D eigenvalue weighted by atomic mass is 32.2. The molecular formula is C50H38O16S. The van der Waals surface area contributed by atoms with Gasteiger partial charge in [-0.3, -0.25) is 0 Å². The summed E-state index contributed by atoms with van der Waals surface area (Å²) in [5.74, 6) is -5.22. The fourth-order valence-electron chi connectivity index (χ4n) is 6.04. The van der Waals surface area contributed by atoms with Gasteiger partial charge in [-0.1, -0.05) is 61.7 Å². The van der Waals surface area contributed by atoms with E-state index in [0.29, 0.717) is 22.6 Å². The van der Waals surface area contributed by atoms with E-state index in [0.717, 1.165) is 61.8 Å². The van der Waals surface area contributed by atoms with Crippen LogP contribution in [0.2, 0.25) is 0 Å². The van der Waals surface area contributed by atoms with E-state index in [9.17, 15) is 37.2 Å². The minimum atomic E-state index is -4.95. The Morgan fingerprint density at radius 1 is 0.448 bits per heavy atom. The molecule has 0 heterocycles. The molecule has 0 atom stereocenters. The van der Waals surface area contributed by atoms with E-state index in [2.05, 4.69) is 13.2 Å². The van der Waals surface area contributed by atoms with Crippen molar-refractivity contribution in [3.8, 4) is 45.3 Å². The smallest absolute Gasteiger partial charge is 0.343 e. The van der Waals surface area contributed by atoms with E-state index in [1.54, 1.807) is 72.8 Å². The van der Waals surface area contributed by atoms with Crippen LogP contribution in [0.15, 0.2) is 169 Å². The first-order valence-corrected chi connectivity index (χ1v) is 21.1. The van der Waals surface area contributed by atoms with Crippen molar-refractivity contribution in [3.63, 3.8) is 0 Å². The third kappa shape index (κ3) is 11.9. The molecule has 0 spiro atoms. The number of ether oxygens (including phenoxy) is 8. The van der Waals surface area contributed by atoms with Crippen molar-refractivity contribution in [2.75, 3.05) is 27.8 Å². The third-order valence-corrected chi connectivity index (χ3v) is 11.3. The van der Waals surface area contributed by atoms with Gasteiger partial charge in [0, 0.05) is 12.2 Å². The highest BCUT2D eigenvalue weighted by Gasteiger charge is 2.31. The zero-order chi connectivity index (χ0) is 48.1. The summed E-state index contributed by atoms with van der Waals surface area (Å²) >= 11 is 0. The van der Waals surface area contributed by atoms with E-state index < -0.39 is 66.9 Å². The van der Waals surface area contributed by atoms with Crippen LogP contribution in [0.5, 0.6) is 23.0 Å². The van der Waals surface area contributed by atoms with E-state index in [-0.39, 0.29) is 35.8 Å². The first-order chi connectivity index (χ1) is 32.2. The minimum Gasteiger partial charge on any atom is -0.465 e. The molecule has 0 N–H and O–H groups in total. The maximum absolute atomic E-state index is 14.7. The normalized spacial score (nSPS) is 10.7. The molecule has 0 unspecified atom stereocenters. The Hall–Kier alpha value is -8.83. The Kier molecular flexibility index (Phi) is 15.4. The lowest BCUT2D eigenvalue weighted by Gasteiger charge is -2.16. The molecule has 6 aromatic carbocycles. The van der Waals surface area contributed by atoms with E-state index in [4.69, 9.17) is 37.9 Å². The third-order valence-electron chi connectivity index (χ3n) is 9.52. The van der Waals surface area contributed by atoms with Gasteiger partial charge in [-0.2, -0.15) is 0 Å². The highest BCUT2D eigenvalue weighted by molar-refractivity contribution is 7.91. The number of sulfone groups is 1. The topological polar surface area (TPSA) is 210 Å². The van der Waals surface area contributed by atoms with Gasteiger partial charge in [0.1, 0.15) is 32.8 Å². The number of benzene rings is 6. The van der Waals surface area contributed by atoms with Crippen molar-refractivity contribution < 1.29 is 75.1 Å². The molecule has 0 bridgehead atoms. The maximum atomic E-state index is 14.7. The van der Waals surface area contributed by atoms with Crippen LogP contribution in [0.3, 0.4) is 0 Å². The molecule has 67 heavy (non-hydrogen) atoms. The lowest BCUT2D eigenvalue weighted by atomic mass is 10.0. The largest absolute Gasteiger partial charge is 0.465 e. The van der Waals surface area contributed by atoms with Crippen LogP contribution in [0.25, 0.3) is 22.3 Å². The standard InChI is InChI=1S/C50H38O16S/c1-5-45(51)63-29-61-39-21-15-33(16-22-39)31-7-11-35(12-8-31)49(55)65-41-25-19-37(47(53)59-3)27-43(41)67(57,58)44-28-38(48(54)60-4)20-26-42(44)66-50(56)36-13-9-32(10-14-36)34-17-23-40(24-18-34)62-30-64-46(52)6-2/h5-28H,1-2,29-30H2,3-4H3. The molecule has 0 amide bonds. The van der Waals surface area contributed by atoms with Gasteiger partial charge < -0.3 is 37.9 Å². The second kappa shape index (κ2) is 21.7. The number of hydrogen-bond acceptors (Lipinski definition) is 16. The average Bonchev–Trinajstić information content (AvgIpc) is 3.36. The second-order valence-electron chi connectivity index (χ2n) is 13.7. The molecule has 17 heteroatoms. The van der Waals surface area contributed by atoms with E-state index in [1.807, 2.05) is 0 Å². The first kappa shape index (κ1) is 47.6. The quantitative estimate of drug-likeness (QED) is 0.0263. The second-order valence-corrected chi connectivity index (χ2v) is 15.5. The SMILES string of the molecule is C=CC(=O)OCOc1ccc(-c2ccc(C(=O)Oc3ccc(C(=O)OC)cc3S(=O)(=O)c3cc(C(=O)OC)ccc3OC(=O)c3ccc(-c4ccc(OCOC(=O)C=C)cc4)cc3)cc2)cc1. The van der Waals surface area contributed by atoms with Crippen LogP contribution in [0.1, 0.15) is 41.4 Å². The van der Waals surface area contributed by atoms with Crippen LogP contribution in [0, 0.1) is 0 Å². The molecule has 6 rings (SSSR count). The Morgan fingerprint density at radius 2 is 0.761 bits per heavy atom. The van der Waals surface area contributed by atoms with Crippen LogP contribution in [0.4, 0.5) is 0 Å². The zero-order valence-corrected chi connectivity index (χ0v) is 36.4. The monoisotopic (exact) mass is 926 g/mol. The Bertz CT molecular complexity index is 2760. The molecule has 0 saturated heterocycles. The summed E-state index contributed by atoms with van der Waals surface area (Å²) in [5, 5.41) is 0. The highest BCUT2D eigenvalue weighted by Crippen LogP contribution is 2.37. The number of carbonyl (C=O) groups is 6. The van der Waals surface area contributed by atoms with Gasteiger partial charge in [0.25, 0.3) is 0 Å². The molecule has 0 aromatic heterocycles. The lowest BCUT2D eigenvalue weighted by Crippen LogP contribution is -2.16. The number of carbonyl (C=O) groups excluding carboxylic acids is 6. The predicted octanol–water partition coefficient (Wildman–Crippen LogP) is 8.00. The van der Waals surface area contributed by atoms with E-state index >= 15 is 0 Å². The molecule has 0 aliphatic carbocycles. The number of hydrogen-bond donors (Lipinski definition) is 0. The number of esters is 6. The van der Waals surface area contributed by atoms with Crippen molar-refractivity contribution in [3.05, 3.63) is 181 Å². The molecule has 340 valence electrons. The van der Waals surface area contributed by atoms with Gasteiger partial charge in [-0.05, 0) is 107 Å². The molecular weight excluding hydrogens is 889 g/mol. The Labute approximate surface area is 383 Å². The van der Waals surface area contributed by atoms with Crippen molar-refractivity contribution in [2.24, 2.45) is 0 Å². The Morgan fingerprint density at radius 3 is 1.07 bits per heavy atom. The summed E-state index contributed by atoms with van der Waals surface area (Å²) < 4.78 is 70.8. The summed E-state index contributed by atoms with van der Waals surface area (Å²) in [7, 11) is -2.78. The summed E-state index contributed by atoms with van der Waals surface area (Å²) in [6, 6.07) is 32.3. The summed E-state index contributed by atoms with van der Waals surface area (Å²) in [5.41, 5.74) is 2.44. The van der Waals surface area contributed by atoms with Crippen molar-refractivity contribution in [1.29, 1.82) is 0 Å². The van der Waals surface area contributed by atoms with Crippen LogP contribution < -0.4 is 18.9 Å². The molecule has 0 fully saturated rings. The molecule has 0 aliphatic heterocycles. The number of methoxy groups -OCH3 is 2. The molecule has 0 saturated carbocycles. The van der Waals surface area contributed by atoms with Gasteiger partial charge in [0.15, 0.2) is 0 Å². The van der Waals surface area contributed by atoms with Gasteiger partial charge in [0.2, 0.25) is 23.4 Å². The van der Waals surface area contributed by atoms with Crippen molar-refractivity contribution in [1.82, 2.24) is 0 Å².